The van der Waals surface area contributed by atoms with Crippen LogP contribution in [0.15, 0.2) is 30.5 Å². The molecule has 19 heavy (non-hydrogen) atoms. The summed E-state index contributed by atoms with van der Waals surface area (Å²) < 4.78 is 1.25. The van der Waals surface area contributed by atoms with Crippen molar-refractivity contribution in [3.63, 3.8) is 0 Å². The molecule has 0 atom stereocenters. The molecule has 0 saturated heterocycles. The van der Waals surface area contributed by atoms with Crippen LogP contribution >= 0.6 is 23.2 Å². The molecular formula is C13H11Cl2N3O. The van der Waals surface area contributed by atoms with Crippen LogP contribution in [-0.4, -0.2) is 22.9 Å². The number of hydrogen-bond donors (Lipinski definition) is 1. The second-order valence-corrected chi connectivity index (χ2v) is 4.51. The molecule has 0 aliphatic rings. The molecule has 0 unspecified atom stereocenters. The van der Waals surface area contributed by atoms with Gasteiger partial charge in [0.05, 0.1) is 11.9 Å². The lowest BCUT2D eigenvalue weighted by Crippen LogP contribution is -2.26. The normalized spacial score (nSPS) is 10.9. The lowest BCUT2D eigenvalue weighted by atomic mass is 10.2. The summed E-state index contributed by atoms with van der Waals surface area (Å²) in [4.78, 5) is 11.5. The third-order valence-corrected chi connectivity index (χ3v) is 3.16. The fourth-order valence-electron chi connectivity index (χ4n) is 1.55. The minimum absolute atomic E-state index is 0.310. The van der Waals surface area contributed by atoms with E-state index in [1.54, 1.807) is 49.7 Å². The topological polar surface area (TPSA) is 46.9 Å². The molecule has 1 aromatic heterocycles. The Morgan fingerprint density at radius 1 is 1.26 bits per heavy atom. The Kier molecular flexibility index (Phi) is 4.24. The Morgan fingerprint density at radius 2 is 1.95 bits per heavy atom. The standard InChI is InChI=1S/C13H11Cl2N3O/c1-16-13(19)18-9(7-8-17-18)5-6-10-11(14)3-2-4-12(10)15/h2-8H,1H3,(H,16,19)/b6-5+. The fraction of sp³-hybridized carbons (Fsp3) is 0.0769. The molecule has 0 bridgehead atoms. The summed E-state index contributed by atoms with van der Waals surface area (Å²) in [5.41, 5.74) is 1.34. The highest BCUT2D eigenvalue weighted by atomic mass is 35.5. The van der Waals surface area contributed by atoms with Crippen LogP contribution in [0.25, 0.3) is 12.2 Å². The lowest BCUT2D eigenvalue weighted by Gasteiger charge is -2.03. The first kappa shape index (κ1) is 13.6. The molecule has 0 spiro atoms. The van der Waals surface area contributed by atoms with E-state index in [1.807, 2.05) is 0 Å². The van der Waals surface area contributed by atoms with Crippen molar-refractivity contribution in [3.8, 4) is 0 Å². The summed E-state index contributed by atoms with van der Waals surface area (Å²) in [6.07, 6.45) is 5.03. The highest BCUT2D eigenvalue weighted by Gasteiger charge is 2.07. The van der Waals surface area contributed by atoms with Crippen LogP contribution in [0, 0.1) is 0 Å². The van der Waals surface area contributed by atoms with E-state index in [1.165, 1.54) is 4.68 Å². The van der Waals surface area contributed by atoms with E-state index in [4.69, 9.17) is 23.2 Å². The van der Waals surface area contributed by atoms with Crippen LogP contribution in [0.2, 0.25) is 10.0 Å². The Hall–Kier alpha value is -1.78. The minimum atomic E-state index is -0.310. The van der Waals surface area contributed by atoms with Gasteiger partial charge in [-0.2, -0.15) is 9.78 Å². The van der Waals surface area contributed by atoms with Crippen LogP contribution in [0.1, 0.15) is 11.3 Å². The zero-order valence-electron chi connectivity index (χ0n) is 10.1. The van der Waals surface area contributed by atoms with Crippen molar-refractivity contribution in [3.05, 3.63) is 51.8 Å². The Labute approximate surface area is 120 Å². The molecule has 0 radical (unpaired) electrons. The molecule has 1 N–H and O–H groups in total. The number of halogens is 2. The molecule has 6 heteroatoms. The largest absolute Gasteiger partial charge is 0.342 e. The molecule has 1 heterocycles. The van der Waals surface area contributed by atoms with Gasteiger partial charge in [-0.05, 0) is 30.4 Å². The van der Waals surface area contributed by atoms with Crippen molar-refractivity contribution in [1.82, 2.24) is 15.1 Å². The quantitative estimate of drug-likeness (QED) is 0.921. The molecule has 0 saturated carbocycles. The van der Waals surface area contributed by atoms with Crippen LogP contribution < -0.4 is 5.32 Å². The van der Waals surface area contributed by atoms with Crippen LogP contribution in [0.5, 0.6) is 0 Å². The average molecular weight is 296 g/mol. The van der Waals surface area contributed by atoms with Crippen molar-refractivity contribution < 1.29 is 4.79 Å². The van der Waals surface area contributed by atoms with E-state index in [0.717, 1.165) is 0 Å². The molecule has 98 valence electrons. The van der Waals surface area contributed by atoms with Crippen LogP contribution in [-0.2, 0) is 0 Å². The maximum atomic E-state index is 11.5. The van der Waals surface area contributed by atoms with Gasteiger partial charge in [0.2, 0.25) is 0 Å². The second-order valence-electron chi connectivity index (χ2n) is 3.69. The van der Waals surface area contributed by atoms with Gasteiger partial charge < -0.3 is 5.32 Å². The molecule has 0 fully saturated rings. The smallest absolute Gasteiger partial charge is 0.339 e. The third-order valence-electron chi connectivity index (χ3n) is 2.50. The number of nitrogens with one attached hydrogen (secondary N) is 1. The average Bonchev–Trinajstić information content (AvgIpc) is 2.85. The van der Waals surface area contributed by atoms with E-state index in [-0.39, 0.29) is 6.03 Å². The number of carbonyl (C=O) groups excluding carboxylic acids is 1. The van der Waals surface area contributed by atoms with Crippen molar-refractivity contribution in [2.24, 2.45) is 0 Å². The first-order valence-electron chi connectivity index (χ1n) is 5.51. The lowest BCUT2D eigenvalue weighted by molar-refractivity contribution is 0.241. The highest BCUT2D eigenvalue weighted by molar-refractivity contribution is 6.37. The number of benzene rings is 1. The first-order chi connectivity index (χ1) is 9.13. The predicted octanol–water partition coefficient (Wildman–Crippen LogP) is 3.55. The van der Waals surface area contributed by atoms with Crippen molar-refractivity contribution in [2.45, 2.75) is 0 Å². The van der Waals surface area contributed by atoms with Gasteiger partial charge in [0, 0.05) is 22.7 Å². The van der Waals surface area contributed by atoms with Gasteiger partial charge in [-0.25, -0.2) is 4.79 Å². The second kappa shape index (κ2) is 5.91. The predicted molar refractivity (Wildman–Crippen MR) is 77.5 cm³/mol. The fourth-order valence-corrected chi connectivity index (χ4v) is 2.08. The molecular weight excluding hydrogens is 285 g/mol. The summed E-state index contributed by atoms with van der Waals surface area (Å²) >= 11 is 12.1. The van der Waals surface area contributed by atoms with Gasteiger partial charge in [-0.15, -0.1) is 0 Å². The SMILES string of the molecule is CNC(=O)n1nccc1/C=C/c1c(Cl)cccc1Cl. The van der Waals surface area contributed by atoms with Crippen LogP contribution in [0.3, 0.4) is 0 Å². The zero-order valence-corrected chi connectivity index (χ0v) is 11.6. The number of amides is 1. The molecule has 0 aliphatic carbocycles. The van der Waals surface area contributed by atoms with E-state index in [0.29, 0.717) is 21.3 Å². The van der Waals surface area contributed by atoms with Gasteiger partial charge in [0.25, 0.3) is 0 Å². The van der Waals surface area contributed by atoms with Gasteiger partial charge in [-0.1, -0.05) is 29.3 Å². The first-order valence-corrected chi connectivity index (χ1v) is 6.27. The van der Waals surface area contributed by atoms with Crippen molar-refractivity contribution in [2.75, 3.05) is 7.05 Å². The highest BCUT2D eigenvalue weighted by Crippen LogP contribution is 2.26. The van der Waals surface area contributed by atoms with Gasteiger partial charge in [0.1, 0.15) is 0 Å². The molecule has 0 aliphatic heterocycles. The number of hydrogen-bond acceptors (Lipinski definition) is 2. The van der Waals surface area contributed by atoms with Crippen molar-refractivity contribution >= 4 is 41.4 Å². The molecule has 2 rings (SSSR count). The summed E-state index contributed by atoms with van der Waals surface area (Å²) in [5, 5.41) is 7.54. The summed E-state index contributed by atoms with van der Waals surface area (Å²) in [5.74, 6) is 0. The van der Waals surface area contributed by atoms with Crippen LogP contribution in [0.4, 0.5) is 4.79 Å². The van der Waals surface area contributed by atoms with E-state index >= 15 is 0 Å². The van der Waals surface area contributed by atoms with Gasteiger partial charge >= 0.3 is 6.03 Å². The summed E-state index contributed by atoms with van der Waals surface area (Å²) in [7, 11) is 1.54. The van der Waals surface area contributed by atoms with Gasteiger partial charge in [-0.3, -0.25) is 0 Å². The Balaban J connectivity index is 2.34. The molecule has 2 aromatic rings. The molecule has 1 amide bonds. The third kappa shape index (κ3) is 2.97. The number of carbonyl (C=O) groups is 1. The number of aromatic nitrogens is 2. The summed E-state index contributed by atoms with van der Waals surface area (Å²) in [6.45, 7) is 0. The Bertz CT molecular complexity index is 614. The zero-order chi connectivity index (χ0) is 13.8. The van der Waals surface area contributed by atoms with E-state index in [2.05, 4.69) is 10.4 Å². The van der Waals surface area contributed by atoms with E-state index in [9.17, 15) is 4.79 Å². The maximum Gasteiger partial charge on any atom is 0.342 e. The maximum absolute atomic E-state index is 11.5. The minimum Gasteiger partial charge on any atom is -0.339 e. The Morgan fingerprint density at radius 3 is 2.58 bits per heavy atom. The molecule has 4 nitrogen and oxygen atoms in total. The number of rotatable bonds is 2. The monoisotopic (exact) mass is 295 g/mol. The van der Waals surface area contributed by atoms with E-state index < -0.39 is 0 Å². The van der Waals surface area contributed by atoms with Crippen molar-refractivity contribution in [1.29, 1.82) is 0 Å². The summed E-state index contributed by atoms with van der Waals surface area (Å²) in [6, 6.07) is 6.69. The number of nitrogens with zero attached hydrogens (tertiary/aromatic N) is 2. The molecule has 1 aromatic carbocycles. The van der Waals surface area contributed by atoms with Gasteiger partial charge in [0.15, 0.2) is 0 Å².